The lowest BCUT2D eigenvalue weighted by atomic mass is 10.1. The summed E-state index contributed by atoms with van der Waals surface area (Å²) in [5.74, 6) is 0.708. The van der Waals surface area contributed by atoms with Gasteiger partial charge in [-0.25, -0.2) is 4.79 Å². The number of carbonyl (C=O) groups excluding carboxylic acids is 2. The first kappa shape index (κ1) is 20.8. The number of piperazine rings is 1. The lowest BCUT2D eigenvalue weighted by Crippen LogP contribution is -2.56. The maximum absolute atomic E-state index is 12.8. The van der Waals surface area contributed by atoms with Gasteiger partial charge in [-0.2, -0.15) is 0 Å². The highest BCUT2D eigenvalue weighted by Crippen LogP contribution is 2.23. The minimum Gasteiger partial charge on any atom is -0.496 e. The van der Waals surface area contributed by atoms with Gasteiger partial charge in [0.1, 0.15) is 11.4 Å². The Bertz CT molecular complexity index is 709. The van der Waals surface area contributed by atoms with Gasteiger partial charge in [-0.15, -0.1) is 0 Å². The third kappa shape index (κ3) is 5.49. The lowest BCUT2D eigenvalue weighted by molar-refractivity contribution is -0.133. The Labute approximate surface area is 161 Å². The second-order valence-corrected chi connectivity index (χ2v) is 7.81. The number of methoxy groups -OCH3 is 1. The van der Waals surface area contributed by atoms with Crippen LogP contribution in [-0.4, -0.2) is 60.2 Å². The van der Waals surface area contributed by atoms with Gasteiger partial charge in [0.2, 0.25) is 5.91 Å². The van der Waals surface area contributed by atoms with Gasteiger partial charge in [0.25, 0.3) is 0 Å². The molecule has 0 N–H and O–H groups in total. The van der Waals surface area contributed by atoms with Gasteiger partial charge in [0.15, 0.2) is 0 Å². The molecule has 148 valence electrons. The van der Waals surface area contributed by atoms with E-state index in [2.05, 4.69) is 6.58 Å². The van der Waals surface area contributed by atoms with Crippen LogP contribution in [0.25, 0.3) is 6.08 Å². The number of nitrogens with zero attached hydrogens (tertiary/aromatic N) is 2. The summed E-state index contributed by atoms with van der Waals surface area (Å²) in [4.78, 5) is 28.6. The quantitative estimate of drug-likeness (QED) is 0.811. The SMILES string of the molecule is C=Cc1ccc(OC)c(CC(=O)N2CCN(C(=O)OC(C)(C)C)[C@@H](C)C2)c1. The van der Waals surface area contributed by atoms with Crippen LogP contribution in [0.3, 0.4) is 0 Å². The van der Waals surface area contributed by atoms with Gasteiger partial charge in [-0.1, -0.05) is 18.7 Å². The zero-order chi connectivity index (χ0) is 20.2. The van der Waals surface area contributed by atoms with Gasteiger partial charge in [-0.3, -0.25) is 4.79 Å². The van der Waals surface area contributed by atoms with E-state index in [0.717, 1.165) is 11.1 Å². The highest BCUT2D eigenvalue weighted by Gasteiger charge is 2.32. The summed E-state index contributed by atoms with van der Waals surface area (Å²) in [6.45, 7) is 12.7. The number of benzene rings is 1. The molecular weight excluding hydrogens is 344 g/mol. The maximum atomic E-state index is 12.8. The molecule has 2 amide bonds. The van der Waals surface area contributed by atoms with Gasteiger partial charge >= 0.3 is 6.09 Å². The van der Waals surface area contributed by atoms with Crippen LogP contribution in [0.2, 0.25) is 0 Å². The molecule has 0 spiro atoms. The van der Waals surface area contributed by atoms with Crippen LogP contribution in [0.5, 0.6) is 5.75 Å². The van der Waals surface area contributed by atoms with E-state index >= 15 is 0 Å². The standard InChI is InChI=1S/C21H30N2O4/c1-7-16-8-9-18(26-6)17(12-16)13-19(24)22-10-11-23(15(2)14-22)20(25)27-21(3,4)5/h7-9,12,15H,1,10-11,13-14H2,2-6H3/t15-/m0/s1. The Kier molecular flexibility index (Phi) is 6.52. The Balaban J connectivity index is 2.02. The Morgan fingerprint density at radius 2 is 2.00 bits per heavy atom. The number of amides is 2. The third-order valence-electron chi connectivity index (χ3n) is 4.49. The molecule has 1 aliphatic rings. The van der Waals surface area contributed by atoms with Crippen LogP contribution < -0.4 is 4.74 Å². The van der Waals surface area contributed by atoms with E-state index in [4.69, 9.17) is 9.47 Å². The highest BCUT2D eigenvalue weighted by atomic mass is 16.6. The molecule has 1 saturated heterocycles. The summed E-state index contributed by atoms with van der Waals surface area (Å²) in [6.07, 6.45) is 1.67. The fourth-order valence-electron chi connectivity index (χ4n) is 3.11. The van der Waals surface area contributed by atoms with Crippen molar-refractivity contribution < 1.29 is 19.1 Å². The molecule has 1 fully saturated rings. The lowest BCUT2D eigenvalue weighted by Gasteiger charge is -2.40. The maximum Gasteiger partial charge on any atom is 0.410 e. The van der Waals surface area contributed by atoms with E-state index in [0.29, 0.717) is 25.4 Å². The molecule has 2 rings (SSSR count). The molecule has 6 nitrogen and oxygen atoms in total. The second kappa shape index (κ2) is 8.46. The van der Waals surface area contributed by atoms with Crippen LogP contribution in [0.1, 0.15) is 38.8 Å². The highest BCUT2D eigenvalue weighted by molar-refractivity contribution is 5.80. The van der Waals surface area contributed by atoms with Gasteiger partial charge in [0.05, 0.1) is 13.5 Å². The average Bonchev–Trinajstić information content (AvgIpc) is 2.59. The van der Waals surface area contributed by atoms with Crippen molar-refractivity contribution in [2.24, 2.45) is 0 Å². The second-order valence-electron chi connectivity index (χ2n) is 7.81. The van der Waals surface area contributed by atoms with Crippen molar-refractivity contribution >= 4 is 18.1 Å². The number of carbonyl (C=O) groups is 2. The first-order chi connectivity index (χ1) is 12.6. The summed E-state index contributed by atoms with van der Waals surface area (Å²) in [7, 11) is 1.60. The summed E-state index contributed by atoms with van der Waals surface area (Å²) in [5.41, 5.74) is 1.25. The molecule has 1 atom stereocenters. The largest absolute Gasteiger partial charge is 0.496 e. The van der Waals surface area contributed by atoms with Crippen molar-refractivity contribution in [2.45, 2.75) is 45.8 Å². The monoisotopic (exact) mass is 374 g/mol. The van der Waals surface area contributed by atoms with E-state index in [1.54, 1.807) is 23.0 Å². The Morgan fingerprint density at radius 1 is 1.30 bits per heavy atom. The molecule has 0 unspecified atom stereocenters. The molecule has 6 heteroatoms. The van der Waals surface area contributed by atoms with E-state index < -0.39 is 5.60 Å². The molecule has 0 bridgehead atoms. The first-order valence-corrected chi connectivity index (χ1v) is 9.21. The molecule has 1 aliphatic heterocycles. The normalized spacial score (nSPS) is 17.4. The minimum absolute atomic E-state index is 0.0187. The van der Waals surface area contributed by atoms with E-state index in [1.165, 1.54) is 0 Å². The van der Waals surface area contributed by atoms with Crippen molar-refractivity contribution in [2.75, 3.05) is 26.7 Å². The van der Waals surface area contributed by atoms with Crippen molar-refractivity contribution in [3.8, 4) is 5.75 Å². The fourth-order valence-corrected chi connectivity index (χ4v) is 3.11. The van der Waals surface area contributed by atoms with E-state index in [9.17, 15) is 9.59 Å². The first-order valence-electron chi connectivity index (χ1n) is 9.21. The Hall–Kier alpha value is -2.50. The van der Waals surface area contributed by atoms with Crippen LogP contribution in [0, 0.1) is 0 Å². The molecule has 1 aromatic carbocycles. The van der Waals surface area contributed by atoms with E-state index in [1.807, 2.05) is 45.9 Å². The molecular formula is C21H30N2O4. The third-order valence-corrected chi connectivity index (χ3v) is 4.49. The van der Waals surface area contributed by atoms with Crippen LogP contribution in [-0.2, 0) is 16.0 Å². The van der Waals surface area contributed by atoms with Gasteiger partial charge in [-0.05, 0) is 45.4 Å². The van der Waals surface area contributed by atoms with Crippen molar-refractivity contribution in [3.05, 3.63) is 35.9 Å². The summed E-state index contributed by atoms with van der Waals surface area (Å²) < 4.78 is 10.8. The zero-order valence-corrected chi connectivity index (χ0v) is 16.9. The molecule has 0 aromatic heterocycles. The predicted molar refractivity (Wildman–Crippen MR) is 106 cm³/mol. The molecule has 0 aliphatic carbocycles. The summed E-state index contributed by atoms with van der Waals surface area (Å²) >= 11 is 0. The number of hydrogen-bond donors (Lipinski definition) is 0. The fraction of sp³-hybridized carbons (Fsp3) is 0.524. The van der Waals surface area contributed by atoms with Gasteiger partial charge in [0, 0.05) is 31.2 Å². The summed E-state index contributed by atoms with van der Waals surface area (Å²) in [5, 5.41) is 0. The van der Waals surface area contributed by atoms with Crippen molar-refractivity contribution in [1.82, 2.24) is 9.80 Å². The number of ether oxygens (including phenoxy) is 2. The smallest absolute Gasteiger partial charge is 0.410 e. The Morgan fingerprint density at radius 3 is 2.56 bits per heavy atom. The molecule has 1 heterocycles. The average molecular weight is 374 g/mol. The summed E-state index contributed by atoms with van der Waals surface area (Å²) in [6, 6.07) is 5.58. The van der Waals surface area contributed by atoms with Crippen molar-refractivity contribution in [1.29, 1.82) is 0 Å². The van der Waals surface area contributed by atoms with Crippen LogP contribution in [0.15, 0.2) is 24.8 Å². The molecule has 1 aromatic rings. The molecule has 27 heavy (non-hydrogen) atoms. The zero-order valence-electron chi connectivity index (χ0n) is 16.9. The van der Waals surface area contributed by atoms with Gasteiger partial charge < -0.3 is 19.3 Å². The van der Waals surface area contributed by atoms with Crippen LogP contribution >= 0.6 is 0 Å². The molecule has 0 saturated carbocycles. The number of rotatable bonds is 4. The predicted octanol–water partition coefficient (Wildman–Crippen LogP) is 3.35. The minimum atomic E-state index is -0.531. The van der Waals surface area contributed by atoms with Crippen molar-refractivity contribution in [3.63, 3.8) is 0 Å². The molecule has 0 radical (unpaired) electrons. The number of hydrogen-bond acceptors (Lipinski definition) is 4. The topological polar surface area (TPSA) is 59.1 Å². The van der Waals surface area contributed by atoms with E-state index in [-0.39, 0.29) is 24.5 Å². The van der Waals surface area contributed by atoms with Crippen LogP contribution in [0.4, 0.5) is 4.79 Å².